The second-order valence-corrected chi connectivity index (χ2v) is 10.4. The molecule has 0 rings (SSSR count). The number of hydrogen-bond acceptors (Lipinski definition) is 4. The van der Waals surface area contributed by atoms with Crippen LogP contribution in [0, 0.1) is 0 Å². The molecule has 0 aliphatic carbocycles. The Morgan fingerprint density at radius 2 is 1.16 bits per heavy atom. The van der Waals surface area contributed by atoms with Gasteiger partial charge in [0.1, 0.15) is 0 Å². The summed E-state index contributed by atoms with van der Waals surface area (Å²) in [5.41, 5.74) is 0. The Balaban J connectivity index is 0. The summed E-state index contributed by atoms with van der Waals surface area (Å²) in [6, 6.07) is 0. The summed E-state index contributed by atoms with van der Waals surface area (Å²) in [6.45, 7) is 2.55. The predicted molar refractivity (Wildman–Crippen MR) is 130 cm³/mol. The number of amides is 1. The molecule has 1 amide bonds. The van der Waals surface area contributed by atoms with E-state index >= 15 is 0 Å². The summed E-state index contributed by atoms with van der Waals surface area (Å²) in [5.74, 6) is -0.562. The molecule has 0 spiro atoms. The minimum atomic E-state index is -4.20. The minimum Gasteiger partial charge on any atom is -0.748 e. The van der Waals surface area contributed by atoms with Gasteiger partial charge < -0.3 is 9.45 Å². The van der Waals surface area contributed by atoms with Crippen molar-refractivity contribution in [3.8, 4) is 0 Å². The number of carbonyl (C=O) groups excluding carboxylic acids is 1. The zero-order chi connectivity index (χ0) is 23.2. The number of carbonyl (C=O) groups is 1. The van der Waals surface area contributed by atoms with Crippen LogP contribution in [-0.4, -0.2) is 43.1 Å². The molecule has 0 aromatic heterocycles. The first-order valence-electron chi connectivity index (χ1n) is 12.7. The molecule has 0 aliphatic heterocycles. The summed E-state index contributed by atoms with van der Waals surface area (Å²) >= 11 is 0. The summed E-state index contributed by atoms with van der Waals surface area (Å²) in [4.78, 5) is 13.3. The second kappa shape index (κ2) is 24.3. The van der Waals surface area contributed by atoms with Crippen LogP contribution < -0.4 is 29.6 Å². The van der Waals surface area contributed by atoms with Gasteiger partial charge in [0.2, 0.25) is 5.91 Å². The molecule has 0 saturated carbocycles. The molecule has 184 valence electrons. The van der Waals surface area contributed by atoms with E-state index in [0.29, 0.717) is 0 Å². The van der Waals surface area contributed by atoms with Gasteiger partial charge in [0.15, 0.2) is 0 Å². The topological polar surface area (TPSA) is 77.5 Å². The molecule has 0 aliphatic rings. The maximum atomic E-state index is 11.9. The average molecular weight is 482 g/mol. The molecule has 0 aromatic rings. The molecule has 0 radical (unpaired) electrons. The van der Waals surface area contributed by atoms with Crippen molar-refractivity contribution in [3.05, 3.63) is 12.2 Å². The molecule has 0 fully saturated rings. The van der Waals surface area contributed by atoms with Gasteiger partial charge in [-0.1, -0.05) is 109 Å². The SMILES string of the molecule is CCCCCCCCCCCCCCCCCC/C=C/C(=O)N(C)CCCS(=O)(=O)[O-].[Na+]. The first-order valence-corrected chi connectivity index (χ1v) is 14.3. The van der Waals surface area contributed by atoms with Gasteiger partial charge in [0.25, 0.3) is 0 Å². The normalized spacial score (nSPS) is 11.6. The third-order valence-corrected chi connectivity index (χ3v) is 6.54. The summed E-state index contributed by atoms with van der Waals surface area (Å²) in [7, 11) is -2.57. The summed E-state index contributed by atoms with van der Waals surface area (Å²) in [5, 5.41) is 0. The Kier molecular flexibility index (Phi) is 26.0. The third-order valence-electron chi connectivity index (χ3n) is 5.75. The molecule has 0 unspecified atom stereocenters. The molecule has 0 saturated heterocycles. The second-order valence-electron chi connectivity index (χ2n) is 8.87. The van der Waals surface area contributed by atoms with Crippen molar-refractivity contribution in [2.24, 2.45) is 0 Å². The van der Waals surface area contributed by atoms with Crippen LogP contribution in [0.3, 0.4) is 0 Å². The third kappa shape index (κ3) is 26.4. The molecule has 32 heavy (non-hydrogen) atoms. The van der Waals surface area contributed by atoms with Crippen molar-refractivity contribution >= 4 is 16.0 Å². The van der Waals surface area contributed by atoms with Crippen molar-refractivity contribution in [3.63, 3.8) is 0 Å². The smallest absolute Gasteiger partial charge is 0.748 e. The van der Waals surface area contributed by atoms with E-state index in [1.807, 2.05) is 6.08 Å². The number of nitrogens with zero attached hydrogens (tertiary/aromatic N) is 1. The van der Waals surface area contributed by atoms with Crippen LogP contribution in [0.5, 0.6) is 0 Å². The molecule has 0 aromatic carbocycles. The molecule has 0 bridgehead atoms. The standard InChI is InChI=1S/C25H49NO4S.Na/c1-3-4-5-6-7-8-9-10-11-12-13-14-15-16-17-18-19-20-22-25(27)26(2)23-21-24-31(28,29)30;/h20,22H,3-19,21,23-24H2,1-2H3,(H,28,29,30);/q;+1/p-1/b22-20+;. The number of unbranched alkanes of at least 4 members (excludes halogenated alkanes) is 16. The number of likely N-dealkylation sites (N-methyl/N-ethyl adjacent to an activating group) is 1. The summed E-state index contributed by atoms with van der Waals surface area (Å²) in [6.07, 6.45) is 26.1. The van der Waals surface area contributed by atoms with Gasteiger partial charge in [-0.3, -0.25) is 4.79 Å². The number of allylic oxidation sites excluding steroid dienone is 1. The van der Waals surface area contributed by atoms with Crippen molar-refractivity contribution in [1.29, 1.82) is 0 Å². The molecule has 0 heterocycles. The molecule has 0 atom stereocenters. The zero-order valence-electron chi connectivity index (χ0n) is 21.3. The van der Waals surface area contributed by atoms with E-state index < -0.39 is 15.9 Å². The predicted octanol–water partition coefficient (Wildman–Crippen LogP) is 3.59. The van der Waals surface area contributed by atoms with Crippen LogP contribution in [0.15, 0.2) is 12.2 Å². The van der Waals surface area contributed by atoms with Crippen molar-refractivity contribution < 1.29 is 47.3 Å². The Morgan fingerprint density at radius 3 is 1.56 bits per heavy atom. The Hall–Kier alpha value is 0.120. The average Bonchev–Trinajstić information content (AvgIpc) is 2.71. The van der Waals surface area contributed by atoms with Crippen molar-refractivity contribution in [2.45, 2.75) is 122 Å². The van der Waals surface area contributed by atoms with E-state index in [0.717, 1.165) is 12.8 Å². The van der Waals surface area contributed by atoms with Crippen LogP contribution in [0.4, 0.5) is 0 Å². The van der Waals surface area contributed by atoms with Crippen molar-refractivity contribution in [1.82, 2.24) is 4.90 Å². The van der Waals surface area contributed by atoms with Gasteiger partial charge in [-0.25, -0.2) is 8.42 Å². The Bertz CT molecular complexity index is 552. The molecule has 5 nitrogen and oxygen atoms in total. The Morgan fingerprint density at radius 1 is 0.750 bits per heavy atom. The van der Waals surface area contributed by atoms with Gasteiger partial charge in [0.05, 0.1) is 10.1 Å². The molecule has 7 heteroatoms. The van der Waals surface area contributed by atoms with E-state index in [2.05, 4.69) is 6.92 Å². The van der Waals surface area contributed by atoms with Crippen LogP contribution in [0.1, 0.15) is 122 Å². The van der Waals surface area contributed by atoms with Crippen LogP contribution in [0.2, 0.25) is 0 Å². The van der Waals surface area contributed by atoms with Gasteiger partial charge >= 0.3 is 29.6 Å². The maximum Gasteiger partial charge on any atom is 1.00 e. The monoisotopic (exact) mass is 481 g/mol. The molecular formula is C25H48NNaO4S. The fraction of sp³-hybridized carbons (Fsp3) is 0.880. The van der Waals surface area contributed by atoms with Gasteiger partial charge in [-0.2, -0.15) is 0 Å². The Labute approximate surface area is 221 Å². The van der Waals surface area contributed by atoms with E-state index in [1.165, 1.54) is 101 Å². The number of rotatable bonds is 22. The minimum absolute atomic E-state index is 0. The summed E-state index contributed by atoms with van der Waals surface area (Å²) < 4.78 is 31.7. The quantitative estimate of drug-likeness (QED) is 0.102. The maximum absolute atomic E-state index is 11.9. The van der Waals surface area contributed by atoms with Gasteiger partial charge in [-0.15, -0.1) is 0 Å². The largest absolute Gasteiger partial charge is 1.00 e. The van der Waals surface area contributed by atoms with E-state index in [9.17, 15) is 17.8 Å². The zero-order valence-corrected chi connectivity index (χ0v) is 24.1. The van der Waals surface area contributed by atoms with E-state index in [-0.39, 0.29) is 48.4 Å². The van der Waals surface area contributed by atoms with Gasteiger partial charge in [0, 0.05) is 19.3 Å². The van der Waals surface area contributed by atoms with Crippen LogP contribution >= 0.6 is 0 Å². The molecular weight excluding hydrogens is 433 g/mol. The fourth-order valence-corrected chi connectivity index (χ4v) is 4.19. The van der Waals surface area contributed by atoms with Gasteiger partial charge in [-0.05, 0) is 25.3 Å². The van der Waals surface area contributed by atoms with Crippen LogP contribution in [0.25, 0.3) is 0 Å². The van der Waals surface area contributed by atoms with E-state index in [1.54, 1.807) is 13.1 Å². The number of hydrogen-bond donors (Lipinski definition) is 0. The first-order chi connectivity index (χ1) is 14.9. The fourth-order valence-electron chi connectivity index (χ4n) is 3.71. The van der Waals surface area contributed by atoms with E-state index in [4.69, 9.17) is 0 Å². The molecule has 0 N–H and O–H groups in total. The first kappa shape index (κ1) is 34.3. The van der Waals surface area contributed by atoms with Crippen LogP contribution in [-0.2, 0) is 14.9 Å². The van der Waals surface area contributed by atoms with Crippen molar-refractivity contribution in [2.75, 3.05) is 19.3 Å².